The Morgan fingerprint density at radius 1 is 1.25 bits per heavy atom. The number of nitrogens with one attached hydrogen (secondary N) is 2. The fourth-order valence-corrected chi connectivity index (χ4v) is 2.28. The number of hydrogen-bond acceptors (Lipinski definition) is 2. The molecule has 0 fully saturated rings. The monoisotopic (exact) mass is 510 g/mol. The number of rotatable bonds is 5. The van der Waals surface area contributed by atoms with Gasteiger partial charge in [0.15, 0.2) is 5.96 Å². The van der Waals surface area contributed by atoms with Gasteiger partial charge in [0.05, 0.1) is 0 Å². The first kappa shape index (κ1) is 23.2. The summed E-state index contributed by atoms with van der Waals surface area (Å²) < 4.78 is 1.06. The van der Waals surface area contributed by atoms with Crippen molar-refractivity contribution in [2.24, 2.45) is 4.99 Å². The molecule has 136 valence electrons. The molecule has 0 aliphatic carbocycles. The molecular formula is C17H28BrIN4O. The highest BCUT2D eigenvalue weighted by Gasteiger charge is 2.14. The minimum atomic E-state index is -0.242. The Hall–Kier alpha value is -0.830. The van der Waals surface area contributed by atoms with Crippen LogP contribution in [0.2, 0.25) is 0 Å². The van der Waals surface area contributed by atoms with Crippen LogP contribution in [-0.2, 0) is 11.3 Å². The van der Waals surface area contributed by atoms with Gasteiger partial charge < -0.3 is 15.5 Å². The van der Waals surface area contributed by atoms with Gasteiger partial charge in [0, 0.05) is 30.1 Å². The van der Waals surface area contributed by atoms with Crippen molar-refractivity contribution in [1.82, 2.24) is 15.5 Å². The van der Waals surface area contributed by atoms with Gasteiger partial charge in [-0.05, 0) is 45.4 Å². The maximum Gasteiger partial charge on any atom is 0.242 e. The molecule has 0 heterocycles. The number of halogens is 2. The van der Waals surface area contributed by atoms with Crippen LogP contribution in [0.4, 0.5) is 0 Å². The molecule has 1 rings (SSSR count). The second-order valence-corrected chi connectivity index (χ2v) is 7.37. The molecule has 1 aromatic carbocycles. The number of nitrogens with zero attached hydrogens (tertiary/aromatic N) is 2. The zero-order valence-corrected chi connectivity index (χ0v) is 18.9. The molecule has 0 unspecified atom stereocenters. The number of amides is 1. The fraction of sp³-hybridized carbons (Fsp3) is 0.529. The van der Waals surface area contributed by atoms with E-state index in [0.717, 1.165) is 23.5 Å². The van der Waals surface area contributed by atoms with Crippen LogP contribution < -0.4 is 10.6 Å². The lowest BCUT2D eigenvalue weighted by Gasteiger charge is -2.23. The molecule has 0 aliphatic rings. The van der Waals surface area contributed by atoms with E-state index in [1.807, 2.05) is 51.8 Å². The van der Waals surface area contributed by atoms with Crippen LogP contribution in [-0.4, -0.2) is 42.4 Å². The van der Waals surface area contributed by atoms with E-state index in [9.17, 15) is 4.79 Å². The van der Waals surface area contributed by atoms with Crippen LogP contribution in [0.5, 0.6) is 0 Å². The largest absolute Gasteiger partial charge is 0.357 e. The van der Waals surface area contributed by atoms with E-state index in [2.05, 4.69) is 43.7 Å². The van der Waals surface area contributed by atoms with E-state index in [1.165, 1.54) is 5.56 Å². The van der Waals surface area contributed by atoms with Crippen molar-refractivity contribution >= 4 is 51.8 Å². The third kappa shape index (κ3) is 9.46. The van der Waals surface area contributed by atoms with E-state index in [1.54, 1.807) is 0 Å². The molecule has 2 N–H and O–H groups in total. The highest BCUT2D eigenvalue weighted by atomic mass is 127. The summed E-state index contributed by atoms with van der Waals surface area (Å²) in [7, 11) is 1.96. The molecule has 0 bridgehead atoms. The SMILES string of the molecule is CCNC(=NCC(=O)NC(C)(C)C)N(C)Cc1ccc(Br)cc1.I. The topological polar surface area (TPSA) is 56.7 Å². The number of guanidine groups is 1. The first-order valence-electron chi connectivity index (χ1n) is 7.76. The average molecular weight is 511 g/mol. The van der Waals surface area contributed by atoms with Gasteiger partial charge in [0.1, 0.15) is 6.54 Å². The van der Waals surface area contributed by atoms with Crippen molar-refractivity contribution in [3.05, 3.63) is 34.3 Å². The fourth-order valence-electron chi connectivity index (χ4n) is 2.01. The highest BCUT2D eigenvalue weighted by molar-refractivity contribution is 14.0. The van der Waals surface area contributed by atoms with Gasteiger partial charge in [-0.1, -0.05) is 28.1 Å². The van der Waals surface area contributed by atoms with E-state index in [4.69, 9.17) is 0 Å². The Kier molecular flexibility index (Phi) is 10.5. The van der Waals surface area contributed by atoms with Crippen molar-refractivity contribution in [2.75, 3.05) is 20.1 Å². The minimum absolute atomic E-state index is 0. The van der Waals surface area contributed by atoms with Gasteiger partial charge in [-0.15, -0.1) is 24.0 Å². The maximum atomic E-state index is 11.9. The second kappa shape index (κ2) is 10.9. The molecule has 24 heavy (non-hydrogen) atoms. The molecule has 0 spiro atoms. The summed E-state index contributed by atoms with van der Waals surface area (Å²) in [6.45, 7) is 9.48. The standard InChI is InChI=1S/C17H27BrN4O.HI/c1-6-19-16(20-11-15(23)21-17(2,3)4)22(5)12-13-7-9-14(18)10-8-13;/h7-10H,6,11-12H2,1-5H3,(H,19,20)(H,21,23);1H. The van der Waals surface area contributed by atoms with Crippen LogP contribution in [0, 0.1) is 0 Å². The molecule has 1 amide bonds. The summed E-state index contributed by atoms with van der Waals surface area (Å²) in [6.07, 6.45) is 0. The molecule has 0 atom stereocenters. The lowest BCUT2D eigenvalue weighted by molar-refractivity contribution is -0.121. The summed E-state index contributed by atoms with van der Waals surface area (Å²) >= 11 is 3.44. The Labute approximate surface area is 170 Å². The molecule has 0 saturated heterocycles. The van der Waals surface area contributed by atoms with E-state index in [-0.39, 0.29) is 42.0 Å². The molecule has 0 radical (unpaired) electrons. The number of hydrogen-bond donors (Lipinski definition) is 2. The molecule has 0 aromatic heterocycles. The maximum absolute atomic E-state index is 11.9. The van der Waals surface area contributed by atoms with Crippen LogP contribution in [0.25, 0.3) is 0 Å². The highest BCUT2D eigenvalue weighted by Crippen LogP contribution is 2.11. The van der Waals surface area contributed by atoms with Gasteiger partial charge >= 0.3 is 0 Å². The quantitative estimate of drug-likeness (QED) is 0.362. The Bertz CT molecular complexity index is 541. The van der Waals surface area contributed by atoms with Gasteiger partial charge in [-0.3, -0.25) is 4.79 Å². The molecule has 1 aromatic rings. The van der Waals surface area contributed by atoms with Crippen molar-refractivity contribution in [2.45, 2.75) is 39.8 Å². The Morgan fingerprint density at radius 3 is 2.33 bits per heavy atom. The Balaban J connectivity index is 0.00000529. The van der Waals surface area contributed by atoms with Crippen molar-refractivity contribution in [3.63, 3.8) is 0 Å². The third-order valence-corrected chi connectivity index (χ3v) is 3.44. The van der Waals surface area contributed by atoms with Gasteiger partial charge in [0.25, 0.3) is 0 Å². The molecule has 0 aliphatic heterocycles. The average Bonchev–Trinajstić information content (AvgIpc) is 2.44. The summed E-state index contributed by atoms with van der Waals surface area (Å²) in [4.78, 5) is 18.3. The lowest BCUT2D eigenvalue weighted by Crippen LogP contribution is -2.43. The number of carbonyl (C=O) groups is 1. The predicted molar refractivity (Wildman–Crippen MR) is 115 cm³/mol. The third-order valence-electron chi connectivity index (χ3n) is 2.92. The molecule has 7 heteroatoms. The lowest BCUT2D eigenvalue weighted by atomic mass is 10.1. The van der Waals surface area contributed by atoms with Gasteiger partial charge in [0.2, 0.25) is 5.91 Å². The van der Waals surface area contributed by atoms with Crippen molar-refractivity contribution < 1.29 is 4.79 Å². The normalized spacial score (nSPS) is 11.5. The van der Waals surface area contributed by atoms with Crippen LogP contribution in [0.1, 0.15) is 33.3 Å². The number of carbonyl (C=O) groups excluding carboxylic acids is 1. The Morgan fingerprint density at radius 2 is 1.83 bits per heavy atom. The zero-order chi connectivity index (χ0) is 17.5. The smallest absolute Gasteiger partial charge is 0.242 e. The molecular weight excluding hydrogens is 483 g/mol. The van der Waals surface area contributed by atoms with E-state index in [0.29, 0.717) is 0 Å². The van der Waals surface area contributed by atoms with Gasteiger partial charge in [-0.2, -0.15) is 0 Å². The molecule has 5 nitrogen and oxygen atoms in total. The van der Waals surface area contributed by atoms with Crippen LogP contribution in [0.15, 0.2) is 33.7 Å². The van der Waals surface area contributed by atoms with E-state index < -0.39 is 0 Å². The summed E-state index contributed by atoms with van der Waals surface area (Å²) in [5.41, 5.74) is 0.939. The zero-order valence-electron chi connectivity index (χ0n) is 15.0. The molecule has 0 saturated carbocycles. The predicted octanol–water partition coefficient (Wildman–Crippen LogP) is 3.38. The summed E-state index contributed by atoms with van der Waals surface area (Å²) in [6, 6.07) is 8.17. The minimum Gasteiger partial charge on any atom is -0.357 e. The van der Waals surface area contributed by atoms with Crippen LogP contribution >= 0.6 is 39.9 Å². The van der Waals surface area contributed by atoms with E-state index >= 15 is 0 Å². The summed E-state index contributed by atoms with van der Waals surface area (Å²) in [5.74, 6) is 0.643. The first-order valence-corrected chi connectivity index (χ1v) is 8.55. The summed E-state index contributed by atoms with van der Waals surface area (Å²) in [5, 5.41) is 6.13. The second-order valence-electron chi connectivity index (χ2n) is 6.45. The number of benzene rings is 1. The number of aliphatic imine (C=N–C) groups is 1. The first-order chi connectivity index (χ1) is 10.7. The van der Waals surface area contributed by atoms with Crippen molar-refractivity contribution in [3.8, 4) is 0 Å². The van der Waals surface area contributed by atoms with Crippen molar-refractivity contribution in [1.29, 1.82) is 0 Å². The van der Waals surface area contributed by atoms with Gasteiger partial charge in [-0.25, -0.2) is 4.99 Å². The van der Waals surface area contributed by atoms with Crippen LogP contribution in [0.3, 0.4) is 0 Å².